The van der Waals surface area contributed by atoms with Crippen molar-refractivity contribution in [2.75, 3.05) is 19.8 Å². The van der Waals surface area contributed by atoms with Crippen molar-refractivity contribution in [1.82, 2.24) is 4.72 Å². The maximum absolute atomic E-state index is 12.0. The Balaban J connectivity index is 2.64. The number of halogens is 2. The molecule has 1 rings (SSSR count). The van der Waals surface area contributed by atoms with Crippen LogP contribution in [-0.4, -0.2) is 39.7 Å². The fraction of sp³-hybridized carbons (Fsp3) is 0.500. The highest BCUT2D eigenvalue weighted by Gasteiger charge is 2.16. The normalized spacial score (nSPS) is 12.1. The average Bonchev–Trinajstić information content (AvgIpc) is 2.38. The molecule has 2 N–H and O–H groups in total. The summed E-state index contributed by atoms with van der Waals surface area (Å²) in [7, 11) is -3.75. The number of ether oxygens (including phenoxy) is 1. The van der Waals surface area contributed by atoms with Gasteiger partial charge in [0.05, 0.1) is 18.1 Å². The zero-order valence-electron chi connectivity index (χ0n) is 11.0. The standard InChI is InChI=1S/C12H17F2NO4S/c1-9-2-3-10(7-16)6-11(9)20(17,18)15-4-5-19-8-12(13)14/h2-3,6,12,15-16H,4-5,7-8H2,1H3. The summed E-state index contributed by atoms with van der Waals surface area (Å²) in [6.07, 6.45) is -2.57. The minimum Gasteiger partial charge on any atom is -0.392 e. The van der Waals surface area contributed by atoms with Crippen molar-refractivity contribution in [3.8, 4) is 0 Å². The fourth-order valence-electron chi connectivity index (χ4n) is 1.53. The Bertz CT molecular complexity index is 534. The lowest BCUT2D eigenvalue weighted by Gasteiger charge is -2.10. The molecular weight excluding hydrogens is 292 g/mol. The van der Waals surface area contributed by atoms with Gasteiger partial charge in [0.1, 0.15) is 6.61 Å². The van der Waals surface area contributed by atoms with E-state index in [1.54, 1.807) is 19.1 Å². The molecule has 20 heavy (non-hydrogen) atoms. The zero-order valence-corrected chi connectivity index (χ0v) is 11.8. The van der Waals surface area contributed by atoms with Crippen molar-refractivity contribution in [2.24, 2.45) is 0 Å². The van der Waals surface area contributed by atoms with Gasteiger partial charge in [0.25, 0.3) is 6.43 Å². The smallest absolute Gasteiger partial charge is 0.261 e. The van der Waals surface area contributed by atoms with Gasteiger partial charge in [0, 0.05) is 6.54 Å². The number of hydrogen-bond donors (Lipinski definition) is 2. The van der Waals surface area contributed by atoms with Gasteiger partial charge in [-0.15, -0.1) is 0 Å². The number of benzene rings is 1. The van der Waals surface area contributed by atoms with Crippen LogP contribution in [0.15, 0.2) is 23.1 Å². The highest BCUT2D eigenvalue weighted by Crippen LogP contribution is 2.16. The molecule has 0 aliphatic carbocycles. The van der Waals surface area contributed by atoms with Crippen LogP contribution in [-0.2, 0) is 21.4 Å². The third-order valence-corrected chi connectivity index (χ3v) is 4.11. The van der Waals surface area contributed by atoms with Gasteiger partial charge in [-0.05, 0) is 24.1 Å². The van der Waals surface area contributed by atoms with Crippen LogP contribution in [0.4, 0.5) is 8.78 Å². The van der Waals surface area contributed by atoms with Gasteiger partial charge < -0.3 is 9.84 Å². The molecule has 0 aromatic heterocycles. The number of aliphatic hydroxyl groups excluding tert-OH is 1. The summed E-state index contributed by atoms with van der Waals surface area (Å²) >= 11 is 0. The van der Waals surface area contributed by atoms with Gasteiger partial charge >= 0.3 is 0 Å². The molecule has 0 spiro atoms. The van der Waals surface area contributed by atoms with E-state index in [-0.39, 0.29) is 24.7 Å². The first-order chi connectivity index (χ1) is 9.36. The molecule has 0 saturated heterocycles. The van der Waals surface area contributed by atoms with E-state index in [9.17, 15) is 17.2 Å². The van der Waals surface area contributed by atoms with Gasteiger partial charge in [-0.3, -0.25) is 0 Å². The second-order valence-electron chi connectivity index (χ2n) is 4.12. The fourth-order valence-corrected chi connectivity index (χ4v) is 2.84. The Morgan fingerprint density at radius 1 is 1.40 bits per heavy atom. The molecule has 8 heteroatoms. The molecular formula is C12H17F2NO4S. The molecule has 0 amide bonds. The Morgan fingerprint density at radius 2 is 2.10 bits per heavy atom. The summed E-state index contributed by atoms with van der Waals surface area (Å²) in [6, 6.07) is 4.59. The molecule has 0 bridgehead atoms. The van der Waals surface area contributed by atoms with Gasteiger partial charge in [0.15, 0.2) is 0 Å². The minimum atomic E-state index is -3.75. The molecule has 114 valence electrons. The van der Waals surface area contributed by atoms with E-state index in [0.717, 1.165) is 0 Å². The SMILES string of the molecule is Cc1ccc(CO)cc1S(=O)(=O)NCCOCC(F)F. The Labute approximate surface area is 116 Å². The predicted octanol–water partition coefficient (Wildman–Crippen LogP) is 1.05. The van der Waals surface area contributed by atoms with Crippen LogP contribution in [0.2, 0.25) is 0 Å². The minimum absolute atomic E-state index is 0.0536. The van der Waals surface area contributed by atoms with E-state index in [2.05, 4.69) is 9.46 Å². The van der Waals surface area contributed by atoms with Crippen molar-refractivity contribution < 1.29 is 27.0 Å². The molecule has 0 aliphatic heterocycles. The van der Waals surface area contributed by atoms with E-state index < -0.39 is 23.1 Å². The Morgan fingerprint density at radius 3 is 2.70 bits per heavy atom. The van der Waals surface area contributed by atoms with Gasteiger partial charge in [-0.25, -0.2) is 21.9 Å². The largest absolute Gasteiger partial charge is 0.392 e. The molecule has 0 radical (unpaired) electrons. The first-order valence-electron chi connectivity index (χ1n) is 5.92. The topological polar surface area (TPSA) is 75.6 Å². The summed E-state index contributed by atoms with van der Waals surface area (Å²) in [6.45, 7) is 0.407. The van der Waals surface area contributed by atoms with Crippen molar-refractivity contribution in [1.29, 1.82) is 0 Å². The number of aliphatic hydroxyl groups is 1. The van der Waals surface area contributed by atoms with Crippen molar-refractivity contribution in [3.05, 3.63) is 29.3 Å². The predicted molar refractivity (Wildman–Crippen MR) is 69.1 cm³/mol. The number of rotatable bonds is 8. The second kappa shape index (κ2) is 7.63. The molecule has 5 nitrogen and oxygen atoms in total. The summed E-state index contributed by atoms with van der Waals surface area (Å²) in [5.74, 6) is 0. The Kier molecular flexibility index (Phi) is 6.47. The second-order valence-corrected chi connectivity index (χ2v) is 5.86. The first-order valence-corrected chi connectivity index (χ1v) is 7.41. The summed E-state index contributed by atoms with van der Waals surface area (Å²) in [5, 5.41) is 9.01. The van der Waals surface area contributed by atoms with E-state index in [4.69, 9.17) is 5.11 Å². The maximum atomic E-state index is 12.0. The van der Waals surface area contributed by atoms with E-state index in [0.29, 0.717) is 11.1 Å². The van der Waals surface area contributed by atoms with Crippen molar-refractivity contribution in [2.45, 2.75) is 24.9 Å². The van der Waals surface area contributed by atoms with Crippen LogP contribution in [0.3, 0.4) is 0 Å². The number of hydrogen-bond acceptors (Lipinski definition) is 4. The summed E-state index contributed by atoms with van der Waals surface area (Å²) in [4.78, 5) is 0.0536. The van der Waals surface area contributed by atoms with Crippen LogP contribution in [0.25, 0.3) is 0 Å². The third kappa shape index (κ3) is 5.12. The molecule has 1 aromatic rings. The van der Waals surface area contributed by atoms with E-state index >= 15 is 0 Å². The van der Waals surface area contributed by atoms with Gasteiger partial charge in [-0.1, -0.05) is 12.1 Å². The van der Waals surface area contributed by atoms with Crippen LogP contribution in [0.5, 0.6) is 0 Å². The number of alkyl halides is 2. The van der Waals surface area contributed by atoms with Crippen LogP contribution < -0.4 is 4.72 Å². The van der Waals surface area contributed by atoms with Crippen LogP contribution in [0, 0.1) is 6.92 Å². The molecule has 1 aromatic carbocycles. The highest BCUT2D eigenvalue weighted by molar-refractivity contribution is 7.89. The quantitative estimate of drug-likeness (QED) is 0.704. The lowest BCUT2D eigenvalue weighted by molar-refractivity contribution is 0.0199. The van der Waals surface area contributed by atoms with E-state index in [1.165, 1.54) is 6.07 Å². The van der Waals surface area contributed by atoms with Crippen molar-refractivity contribution >= 4 is 10.0 Å². The monoisotopic (exact) mass is 309 g/mol. The maximum Gasteiger partial charge on any atom is 0.261 e. The first kappa shape index (κ1) is 17.0. The van der Waals surface area contributed by atoms with Crippen LogP contribution in [0.1, 0.15) is 11.1 Å². The van der Waals surface area contributed by atoms with Gasteiger partial charge in [0.2, 0.25) is 10.0 Å². The van der Waals surface area contributed by atoms with Crippen molar-refractivity contribution in [3.63, 3.8) is 0 Å². The molecule has 0 aliphatic rings. The molecule has 0 unspecified atom stereocenters. The molecule has 0 fully saturated rings. The van der Waals surface area contributed by atoms with Gasteiger partial charge in [-0.2, -0.15) is 0 Å². The Hall–Kier alpha value is -1.09. The highest BCUT2D eigenvalue weighted by atomic mass is 32.2. The average molecular weight is 309 g/mol. The summed E-state index contributed by atoms with van der Waals surface area (Å²) < 4.78 is 54.5. The van der Waals surface area contributed by atoms with Crippen LogP contribution >= 0.6 is 0 Å². The lowest BCUT2D eigenvalue weighted by atomic mass is 10.2. The molecule has 0 saturated carbocycles. The van der Waals surface area contributed by atoms with E-state index in [1.807, 2.05) is 0 Å². The molecule has 0 heterocycles. The number of nitrogens with one attached hydrogen (secondary N) is 1. The number of aryl methyl sites for hydroxylation is 1. The lowest BCUT2D eigenvalue weighted by Crippen LogP contribution is -2.28. The third-order valence-electron chi connectivity index (χ3n) is 2.51. The molecule has 0 atom stereocenters. The summed E-state index contributed by atoms with van der Waals surface area (Å²) in [5.41, 5.74) is 1.01. The zero-order chi connectivity index (χ0) is 15.2. The number of sulfonamides is 1.